The van der Waals surface area contributed by atoms with Crippen molar-refractivity contribution in [2.24, 2.45) is 0 Å². The Balaban J connectivity index is 2.04. The Kier molecular flexibility index (Phi) is 7.68. The molecule has 0 fully saturated rings. The van der Waals surface area contributed by atoms with Crippen LogP contribution in [0.1, 0.15) is 25.3 Å². The molecule has 0 aliphatic heterocycles. The summed E-state index contributed by atoms with van der Waals surface area (Å²) < 4.78 is 25.9. The van der Waals surface area contributed by atoms with Crippen molar-refractivity contribution in [3.63, 3.8) is 0 Å². The van der Waals surface area contributed by atoms with Gasteiger partial charge in [0.2, 0.25) is 15.9 Å². The maximum Gasteiger partial charge on any atom is 0.243 e. The monoisotopic (exact) mass is 408 g/mol. The van der Waals surface area contributed by atoms with Gasteiger partial charge >= 0.3 is 0 Å². The smallest absolute Gasteiger partial charge is 0.243 e. The minimum atomic E-state index is -3.63. The van der Waals surface area contributed by atoms with Gasteiger partial charge in [-0.25, -0.2) is 8.42 Å². The number of rotatable bonds is 9. The quantitative estimate of drug-likeness (QED) is 0.644. The lowest BCUT2D eigenvalue weighted by Gasteiger charge is -2.30. The van der Waals surface area contributed by atoms with Gasteiger partial charge in [0.25, 0.3) is 0 Å². The van der Waals surface area contributed by atoms with Crippen molar-refractivity contribution in [1.29, 1.82) is 0 Å². The van der Waals surface area contributed by atoms with E-state index < -0.39 is 16.1 Å². The summed E-state index contributed by atoms with van der Waals surface area (Å²) in [6, 6.07) is 15.6. The summed E-state index contributed by atoms with van der Waals surface area (Å²) >= 11 is 5.89. The van der Waals surface area contributed by atoms with E-state index in [4.69, 9.17) is 11.6 Å². The van der Waals surface area contributed by atoms with Gasteiger partial charge in [-0.2, -0.15) is 0 Å². The maximum atomic E-state index is 12.7. The topological polar surface area (TPSA) is 66.5 Å². The van der Waals surface area contributed by atoms with Gasteiger partial charge in [-0.15, -0.1) is 0 Å². The second-order valence-electron chi connectivity index (χ2n) is 6.34. The molecule has 0 unspecified atom stereocenters. The molecule has 2 aromatic carbocycles. The molecule has 146 valence electrons. The van der Waals surface area contributed by atoms with Gasteiger partial charge in [0, 0.05) is 11.6 Å². The molecule has 0 radical (unpaired) electrons. The van der Waals surface area contributed by atoms with Gasteiger partial charge in [0.1, 0.15) is 6.04 Å². The lowest BCUT2D eigenvalue weighted by molar-refractivity contribution is -0.122. The standard InChI is InChI=1S/C20H25ClN2O3S/c1-3-19(20(24)22-15-7-10-16-8-5-4-6-9-16)23(27(2,25)26)18-13-11-17(21)12-14-18/h4-6,8-9,11-14,19H,3,7,10,15H2,1-2H3,(H,22,24)/t19-/m0/s1. The van der Waals surface area contributed by atoms with E-state index in [0.717, 1.165) is 23.4 Å². The largest absolute Gasteiger partial charge is 0.354 e. The van der Waals surface area contributed by atoms with Crippen molar-refractivity contribution in [2.75, 3.05) is 17.1 Å². The lowest BCUT2D eigenvalue weighted by Crippen LogP contribution is -2.49. The van der Waals surface area contributed by atoms with E-state index in [9.17, 15) is 13.2 Å². The minimum Gasteiger partial charge on any atom is -0.354 e. The van der Waals surface area contributed by atoms with Crippen LogP contribution in [0.4, 0.5) is 5.69 Å². The number of halogens is 1. The molecular weight excluding hydrogens is 384 g/mol. The third-order valence-electron chi connectivity index (χ3n) is 4.20. The number of hydrogen-bond acceptors (Lipinski definition) is 3. The van der Waals surface area contributed by atoms with Crippen LogP contribution >= 0.6 is 11.6 Å². The van der Waals surface area contributed by atoms with Crippen molar-refractivity contribution < 1.29 is 13.2 Å². The van der Waals surface area contributed by atoms with Crippen molar-refractivity contribution in [1.82, 2.24) is 5.32 Å². The van der Waals surface area contributed by atoms with Gasteiger partial charge in [0.15, 0.2) is 0 Å². The molecule has 5 nitrogen and oxygen atoms in total. The molecule has 0 bridgehead atoms. The van der Waals surface area contributed by atoms with E-state index in [1.54, 1.807) is 31.2 Å². The third-order valence-corrected chi connectivity index (χ3v) is 5.63. The fourth-order valence-corrected chi connectivity index (χ4v) is 4.25. The van der Waals surface area contributed by atoms with Crippen LogP contribution in [0.25, 0.3) is 0 Å². The number of aryl methyl sites for hydroxylation is 1. The number of amides is 1. The van der Waals surface area contributed by atoms with Crippen LogP contribution in [0.2, 0.25) is 5.02 Å². The number of benzene rings is 2. The summed E-state index contributed by atoms with van der Waals surface area (Å²) in [5.41, 5.74) is 1.63. The Morgan fingerprint density at radius 1 is 1.11 bits per heavy atom. The molecule has 1 amide bonds. The molecule has 0 aromatic heterocycles. The Hall–Kier alpha value is -2.05. The number of hydrogen-bond donors (Lipinski definition) is 1. The summed E-state index contributed by atoms with van der Waals surface area (Å²) in [6.07, 6.45) is 3.10. The normalized spacial score (nSPS) is 12.4. The second-order valence-corrected chi connectivity index (χ2v) is 8.64. The van der Waals surface area contributed by atoms with Crippen LogP contribution in [0.15, 0.2) is 54.6 Å². The van der Waals surface area contributed by atoms with E-state index in [-0.39, 0.29) is 5.91 Å². The summed E-state index contributed by atoms with van der Waals surface area (Å²) in [5, 5.41) is 3.37. The number of sulfonamides is 1. The number of nitrogens with one attached hydrogen (secondary N) is 1. The highest BCUT2D eigenvalue weighted by Gasteiger charge is 2.31. The van der Waals surface area contributed by atoms with E-state index >= 15 is 0 Å². The highest BCUT2D eigenvalue weighted by atomic mass is 35.5. The average Bonchev–Trinajstić information content (AvgIpc) is 2.64. The molecule has 7 heteroatoms. The predicted octanol–water partition coefficient (Wildman–Crippen LogP) is 3.63. The molecular formula is C20H25ClN2O3S. The zero-order valence-electron chi connectivity index (χ0n) is 15.6. The van der Waals surface area contributed by atoms with E-state index in [0.29, 0.717) is 23.7 Å². The molecule has 0 saturated carbocycles. The van der Waals surface area contributed by atoms with Crippen LogP contribution < -0.4 is 9.62 Å². The van der Waals surface area contributed by atoms with Crippen LogP contribution in [0.5, 0.6) is 0 Å². The third kappa shape index (κ3) is 6.26. The molecule has 27 heavy (non-hydrogen) atoms. The van der Waals surface area contributed by atoms with Gasteiger partial charge < -0.3 is 5.32 Å². The fraction of sp³-hybridized carbons (Fsp3) is 0.350. The van der Waals surface area contributed by atoms with Gasteiger partial charge in [0.05, 0.1) is 11.9 Å². The fourth-order valence-electron chi connectivity index (χ4n) is 2.91. The summed E-state index contributed by atoms with van der Waals surface area (Å²) in [6.45, 7) is 2.28. The summed E-state index contributed by atoms with van der Waals surface area (Å²) in [5.74, 6) is -0.300. The number of anilines is 1. The number of carbonyl (C=O) groups is 1. The highest BCUT2D eigenvalue weighted by Crippen LogP contribution is 2.24. The van der Waals surface area contributed by atoms with Crippen LogP contribution in [0.3, 0.4) is 0 Å². The lowest BCUT2D eigenvalue weighted by atomic mass is 10.1. The van der Waals surface area contributed by atoms with Crippen LogP contribution in [-0.4, -0.2) is 33.2 Å². The molecule has 0 spiro atoms. The molecule has 1 N–H and O–H groups in total. The van der Waals surface area contributed by atoms with E-state index in [2.05, 4.69) is 5.32 Å². The highest BCUT2D eigenvalue weighted by molar-refractivity contribution is 7.92. The molecule has 0 aliphatic carbocycles. The second kappa shape index (κ2) is 9.76. The Labute approximate surface area is 166 Å². The van der Waals surface area contributed by atoms with Gasteiger partial charge in [-0.1, -0.05) is 48.9 Å². The van der Waals surface area contributed by atoms with Crippen molar-refractivity contribution in [2.45, 2.75) is 32.2 Å². The first kappa shape index (κ1) is 21.3. The predicted molar refractivity (Wildman–Crippen MR) is 111 cm³/mol. The van der Waals surface area contributed by atoms with Gasteiger partial charge in [-0.3, -0.25) is 9.10 Å². The van der Waals surface area contributed by atoms with Gasteiger partial charge in [-0.05, 0) is 49.1 Å². The number of nitrogens with zero attached hydrogens (tertiary/aromatic N) is 1. The number of carbonyl (C=O) groups excluding carboxylic acids is 1. The molecule has 0 heterocycles. The summed E-state index contributed by atoms with van der Waals surface area (Å²) in [7, 11) is -3.63. The van der Waals surface area contributed by atoms with Crippen LogP contribution in [-0.2, 0) is 21.2 Å². The van der Waals surface area contributed by atoms with Crippen LogP contribution in [0, 0.1) is 0 Å². The first-order valence-electron chi connectivity index (χ1n) is 8.89. The summed E-state index contributed by atoms with van der Waals surface area (Å²) in [4.78, 5) is 12.7. The SMILES string of the molecule is CC[C@@H](C(=O)NCCCc1ccccc1)N(c1ccc(Cl)cc1)S(C)(=O)=O. The van der Waals surface area contributed by atoms with Crippen molar-refractivity contribution >= 4 is 33.2 Å². The Morgan fingerprint density at radius 2 is 1.74 bits per heavy atom. The van der Waals surface area contributed by atoms with E-state index in [1.165, 1.54) is 5.56 Å². The minimum absolute atomic E-state index is 0.300. The van der Waals surface area contributed by atoms with Crippen molar-refractivity contribution in [3.05, 3.63) is 65.2 Å². The first-order chi connectivity index (χ1) is 12.8. The average molecular weight is 409 g/mol. The molecule has 1 atom stereocenters. The Bertz CT molecular complexity index is 839. The maximum absolute atomic E-state index is 12.7. The molecule has 2 rings (SSSR count). The zero-order valence-corrected chi connectivity index (χ0v) is 17.1. The van der Waals surface area contributed by atoms with E-state index in [1.807, 2.05) is 30.3 Å². The molecule has 0 aliphatic rings. The molecule has 0 saturated heterocycles. The molecule has 2 aromatic rings. The van der Waals surface area contributed by atoms with Crippen molar-refractivity contribution in [3.8, 4) is 0 Å². The first-order valence-corrected chi connectivity index (χ1v) is 11.1. The zero-order chi connectivity index (χ0) is 19.9. The Morgan fingerprint density at radius 3 is 2.30 bits per heavy atom.